The Morgan fingerprint density at radius 3 is 2.06 bits per heavy atom. The maximum Gasteiger partial charge on any atom is 0.333 e. The van der Waals surface area contributed by atoms with E-state index in [1.165, 1.54) is 19.1 Å². The van der Waals surface area contributed by atoms with Crippen molar-refractivity contribution in [1.82, 2.24) is 0 Å². The molecule has 98 valence electrons. The van der Waals surface area contributed by atoms with Gasteiger partial charge in [-0.25, -0.2) is 31.3 Å². The first-order valence-electron chi connectivity index (χ1n) is 4.77. The highest BCUT2D eigenvalue weighted by molar-refractivity contribution is 5.95. The highest BCUT2D eigenvalue weighted by atomic mass is 16.3. The summed E-state index contributed by atoms with van der Waals surface area (Å²) in [5.41, 5.74) is 10.4. The van der Waals surface area contributed by atoms with Crippen LogP contribution in [0.25, 0.3) is 0 Å². The first-order valence-corrected chi connectivity index (χ1v) is 4.77. The van der Waals surface area contributed by atoms with Crippen molar-refractivity contribution in [1.29, 1.82) is 0 Å². The third-order valence-corrected chi connectivity index (χ3v) is 2.28. The second kappa shape index (κ2) is 4.77. The number of benzene rings is 1. The number of hydrogen-bond acceptors (Lipinski definition) is 5. The van der Waals surface area contributed by atoms with E-state index in [1.54, 1.807) is 0 Å². The van der Waals surface area contributed by atoms with Gasteiger partial charge in [-0.3, -0.25) is 0 Å². The van der Waals surface area contributed by atoms with E-state index in [4.69, 9.17) is 23.2 Å². The van der Waals surface area contributed by atoms with Crippen LogP contribution in [0.15, 0.2) is 12.1 Å². The van der Waals surface area contributed by atoms with Crippen molar-refractivity contribution < 1.29 is 14.7 Å². The van der Waals surface area contributed by atoms with E-state index < -0.39 is 12.1 Å². The van der Waals surface area contributed by atoms with Crippen molar-refractivity contribution in [3.63, 3.8) is 0 Å². The molecule has 1 rings (SSSR count). The lowest BCUT2D eigenvalue weighted by Gasteiger charge is -2.20. The molecule has 0 aliphatic carbocycles. The predicted molar refractivity (Wildman–Crippen MR) is 65.3 cm³/mol. The molecule has 0 radical (unpaired) electrons. The summed E-state index contributed by atoms with van der Waals surface area (Å²) in [6.45, 7) is 1.53. The fraction of sp³-hybridized carbons (Fsp3) is 0.111. The number of hydrogen-bond donors (Lipinski definition) is 5. The van der Waals surface area contributed by atoms with Crippen LogP contribution in [0, 0.1) is 6.92 Å². The fourth-order valence-electron chi connectivity index (χ4n) is 1.31. The Balaban J connectivity index is 3.35. The van der Waals surface area contributed by atoms with Crippen molar-refractivity contribution in [2.75, 3.05) is 10.0 Å². The minimum absolute atomic E-state index is 0.0887. The second-order valence-electron chi connectivity index (χ2n) is 3.55. The molecule has 0 fully saturated rings. The first kappa shape index (κ1) is 13.5. The zero-order valence-electron chi connectivity index (χ0n) is 9.62. The third kappa shape index (κ3) is 2.42. The standard InChI is InChI=1S/C9H14N6O3/c1-4-2-5(14(12)8(10)17)3-6(7(4)16)15(13)9(11)18/h2-3,16H,12-13H2,1H3,(H2,10,17)(H2,11,18). The van der Waals surface area contributed by atoms with Gasteiger partial charge in [0.2, 0.25) is 0 Å². The summed E-state index contributed by atoms with van der Waals surface area (Å²) in [5, 5.41) is 10.9. The van der Waals surface area contributed by atoms with Gasteiger partial charge in [-0.05, 0) is 24.6 Å². The van der Waals surface area contributed by atoms with Crippen molar-refractivity contribution in [2.45, 2.75) is 6.92 Å². The van der Waals surface area contributed by atoms with Crippen molar-refractivity contribution in [2.24, 2.45) is 23.2 Å². The van der Waals surface area contributed by atoms with Gasteiger partial charge in [-0.2, -0.15) is 0 Å². The quantitative estimate of drug-likeness (QED) is 0.265. The molecular formula is C9H14N6O3. The highest BCUT2D eigenvalue weighted by Gasteiger charge is 2.18. The first-order chi connectivity index (χ1) is 8.25. The molecule has 9 nitrogen and oxygen atoms in total. The van der Waals surface area contributed by atoms with E-state index in [-0.39, 0.29) is 17.1 Å². The number of carbonyl (C=O) groups is 2. The minimum Gasteiger partial charge on any atom is -0.505 e. The largest absolute Gasteiger partial charge is 0.505 e. The molecule has 0 atom stereocenters. The molecule has 1 aromatic rings. The number of phenols is 1. The Kier molecular flexibility index (Phi) is 3.59. The molecule has 0 aliphatic rings. The van der Waals surface area contributed by atoms with Gasteiger partial charge < -0.3 is 16.6 Å². The predicted octanol–water partition coefficient (Wildman–Crippen LogP) is -0.782. The maximum absolute atomic E-state index is 11.0. The minimum atomic E-state index is -0.982. The SMILES string of the molecule is Cc1cc(N(N)C(N)=O)cc(N(N)C(N)=O)c1O. The van der Waals surface area contributed by atoms with Crippen molar-refractivity contribution in [3.05, 3.63) is 17.7 Å². The number of urea groups is 2. The van der Waals surface area contributed by atoms with Crippen LogP contribution < -0.4 is 33.2 Å². The highest BCUT2D eigenvalue weighted by Crippen LogP contribution is 2.33. The number of phenolic OH excluding ortho intramolecular Hbond substituents is 1. The molecule has 0 aliphatic heterocycles. The number of anilines is 2. The van der Waals surface area contributed by atoms with Crippen LogP contribution in [-0.4, -0.2) is 17.2 Å². The smallest absolute Gasteiger partial charge is 0.333 e. The summed E-state index contributed by atoms with van der Waals surface area (Å²) in [4.78, 5) is 21.9. The number of carbonyl (C=O) groups excluding carboxylic acids is 2. The molecule has 0 heterocycles. The van der Waals surface area contributed by atoms with Gasteiger partial charge in [0, 0.05) is 0 Å². The Morgan fingerprint density at radius 1 is 1.11 bits per heavy atom. The van der Waals surface area contributed by atoms with Crippen LogP contribution in [0.3, 0.4) is 0 Å². The summed E-state index contributed by atoms with van der Waals surface area (Å²) in [7, 11) is 0. The Bertz CT molecular complexity index is 503. The second-order valence-corrected chi connectivity index (χ2v) is 3.55. The molecule has 1 aromatic carbocycles. The number of aryl methyl sites for hydroxylation is 1. The average molecular weight is 254 g/mol. The number of hydrazine groups is 2. The number of aromatic hydroxyl groups is 1. The molecule has 0 saturated carbocycles. The molecule has 0 unspecified atom stereocenters. The van der Waals surface area contributed by atoms with Gasteiger partial charge in [-0.1, -0.05) is 0 Å². The van der Waals surface area contributed by atoms with Crippen LogP contribution in [0.2, 0.25) is 0 Å². The molecule has 4 amide bonds. The average Bonchev–Trinajstić information content (AvgIpc) is 2.30. The zero-order valence-corrected chi connectivity index (χ0v) is 9.62. The fourth-order valence-corrected chi connectivity index (χ4v) is 1.31. The molecule has 9 N–H and O–H groups in total. The summed E-state index contributed by atoms with van der Waals surface area (Å²) in [5.74, 6) is 10.5. The van der Waals surface area contributed by atoms with Gasteiger partial charge in [0.1, 0.15) is 11.4 Å². The number of nitrogens with two attached hydrogens (primary N) is 4. The third-order valence-electron chi connectivity index (χ3n) is 2.28. The van der Waals surface area contributed by atoms with Gasteiger partial charge >= 0.3 is 12.1 Å². The lowest BCUT2D eigenvalue weighted by molar-refractivity contribution is 0.253. The van der Waals surface area contributed by atoms with Gasteiger partial charge in [0.05, 0.1) is 5.69 Å². The van der Waals surface area contributed by atoms with Gasteiger partial charge in [0.25, 0.3) is 0 Å². The van der Waals surface area contributed by atoms with E-state index in [0.29, 0.717) is 15.6 Å². The lowest BCUT2D eigenvalue weighted by atomic mass is 10.1. The maximum atomic E-state index is 11.0. The van der Waals surface area contributed by atoms with Crippen LogP contribution in [-0.2, 0) is 0 Å². The molecule has 9 heteroatoms. The van der Waals surface area contributed by atoms with Gasteiger partial charge in [-0.15, -0.1) is 0 Å². The monoisotopic (exact) mass is 254 g/mol. The molecule has 0 aromatic heterocycles. The molecular weight excluding hydrogens is 240 g/mol. The molecule has 0 spiro atoms. The lowest BCUT2D eigenvalue weighted by Crippen LogP contribution is -2.43. The normalized spacial score (nSPS) is 9.94. The van der Waals surface area contributed by atoms with Crippen LogP contribution in [0.1, 0.15) is 5.56 Å². The van der Waals surface area contributed by atoms with Crippen molar-refractivity contribution >= 4 is 23.4 Å². The Hall–Kier alpha value is -2.52. The zero-order chi connectivity index (χ0) is 14.0. The molecule has 0 saturated heterocycles. The van der Waals surface area contributed by atoms with E-state index >= 15 is 0 Å². The Labute approximate surface area is 102 Å². The van der Waals surface area contributed by atoms with Crippen LogP contribution in [0.5, 0.6) is 5.75 Å². The summed E-state index contributed by atoms with van der Waals surface area (Å²) in [6.07, 6.45) is 0. The van der Waals surface area contributed by atoms with Crippen molar-refractivity contribution in [3.8, 4) is 5.75 Å². The van der Waals surface area contributed by atoms with E-state index in [2.05, 4.69) is 0 Å². The summed E-state index contributed by atoms with van der Waals surface area (Å²) in [6, 6.07) is 0.717. The molecule has 0 bridgehead atoms. The topological polar surface area (TPSA) is 165 Å². The summed E-state index contributed by atoms with van der Waals surface area (Å²) < 4.78 is 0. The van der Waals surface area contributed by atoms with Crippen LogP contribution >= 0.6 is 0 Å². The molecule has 18 heavy (non-hydrogen) atoms. The van der Waals surface area contributed by atoms with Crippen LogP contribution in [0.4, 0.5) is 21.0 Å². The number of primary amides is 2. The van der Waals surface area contributed by atoms with E-state index in [0.717, 1.165) is 0 Å². The number of amides is 4. The van der Waals surface area contributed by atoms with E-state index in [9.17, 15) is 14.7 Å². The summed E-state index contributed by atoms with van der Waals surface area (Å²) >= 11 is 0. The van der Waals surface area contributed by atoms with Gasteiger partial charge in [0.15, 0.2) is 0 Å². The Morgan fingerprint density at radius 2 is 1.61 bits per heavy atom. The number of nitrogens with zero attached hydrogens (tertiary/aromatic N) is 2. The number of rotatable bonds is 2. The van der Waals surface area contributed by atoms with E-state index in [1.807, 2.05) is 0 Å².